The summed E-state index contributed by atoms with van der Waals surface area (Å²) in [4.78, 5) is 34.2. The summed E-state index contributed by atoms with van der Waals surface area (Å²) in [6.07, 6.45) is -0.682. The van der Waals surface area contributed by atoms with Crippen molar-refractivity contribution in [1.29, 1.82) is 0 Å². The average Bonchev–Trinajstić information content (AvgIpc) is 2.60. The molecular weight excluding hydrogens is 406 g/mol. The van der Waals surface area contributed by atoms with Crippen LogP contribution < -0.4 is 10.1 Å². The molecule has 8 heteroatoms. The minimum atomic E-state index is -1.47. The molecular formula is C18H18BrNO6. The summed E-state index contributed by atoms with van der Waals surface area (Å²) in [6, 6.07) is 7.63. The fourth-order valence-electron chi connectivity index (χ4n) is 2.54. The number of hydrogen-bond donors (Lipinski definition) is 3. The predicted molar refractivity (Wildman–Crippen MR) is 98.4 cm³/mol. The monoisotopic (exact) mass is 423 g/mol. The van der Waals surface area contributed by atoms with Crippen LogP contribution in [0.3, 0.4) is 0 Å². The second kappa shape index (κ2) is 8.18. The fourth-order valence-corrected chi connectivity index (χ4v) is 3.20. The number of fused-ring (bicyclic) bond motifs is 1. The maximum absolute atomic E-state index is 12.3. The molecule has 0 aliphatic heterocycles. The van der Waals surface area contributed by atoms with E-state index in [-0.39, 0.29) is 0 Å². The molecule has 0 radical (unpaired) electrons. The highest BCUT2D eigenvalue weighted by molar-refractivity contribution is 9.10. The van der Waals surface area contributed by atoms with Gasteiger partial charge < -0.3 is 20.3 Å². The molecule has 0 saturated carbocycles. The molecule has 2 aromatic carbocycles. The topological polar surface area (TPSA) is 113 Å². The maximum atomic E-state index is 12.3. The van der Waals surface area contributed by atoms with E-state index >= 15 is 0 Å². The SMILES string of the molecule is COc1ccc2cc(C(C)C(=O)N[C@@H](CC(=O)O)C(=O)O)ccc2c1Br. The molecule has 0 heterocycles. The normalized spacial score (nSPS) is 13.0. The Morgan fingerprint density at radius 2 is 1.88 bits per heavy atom. The molecule has 1 unspecified atom stereocenters. The Balaban J connectivity index is 2.25. The largest absolute Gasteiger partial charge is 0.496 e. The molecule has 3 N–H and O–H groups in total. The van der Waals surface area contributed by atoms with E-state index < -0.39 is 36.2 Å². The molecule has 2 rings (SSSR count). The van der Waals surface area contributed by atoms with E-state index in [0.29, 0.717) is 11.3 Å². The standard InChI is InChI=1S/C18H18BrNO6/c1-9(17(23)20-13(18(24)25)8-15(21)22)10-3-5-12-11(7-10)4-6-14(26-2)16(12)19/h3-7,9,13H,8H2,1-2H3,(H,20,23)(H,21,22)(H,24,25)/t9?,13-/m0/s1. The van der Waals surface area contributed by atoms with Crippen LogP contribution in [0.5, 0.6) is 5.75 Å². The zero-order chi connectivity index (χ0) is 19.4. The minimum absolute atomic E-state index is 0.550. The van der Waals surface area contributed by atoms with E-state index in [1.807, 2.05) is 18.2 Å². The number of halogens is 1. The highest BCUT2D eigenvalue weighted by Crippen LogP contribution is 2.34. The Bertz CT molecular complexity index is 866. The number of amides is 1. The number of rotatable bonds is 7. The molecule has 0 saturated heterocycles. The summed E-state index contributed by atoms with van der Waals surface area (Å²) >= 11 is 3.48. The Morgan fingerprint density at radius 1 is 1.19 bits per heavy atom. The van der Waals surface area contributed by atoms with Gasteiger partial charge in [0.2, 0.25) is 5.91 Å². The van der Waals surface area contributed by atoms with Gasteiger partial charge in [-0.05, 0) is 45.3 Å². The van der Waals surface area contributed by atoms with Gasteiger partial charge in [0.05, 0.1) is 23.9 Å². The van der Waals surface area contributed by atoms with Gasteiger partial charge >= 0.3 is 11.9 Å². The molecule has 0 aromatic heterocycles. The second-order valence-corrected chi connectivity index (χ2v) is 6.57. The van der Waals surface area contributed by atoms with Crippen LogP contribution in [-0.4, -0.2) is 41.2 Å². The van der Waals surface area contributed by atoms with Gasteiger partial charge in [0, 0.05) is 0 Å². The average molecular weight is 424 g/mol. The lowest BCUT2D eigenvalue weighted by Crippen LogP contribution is -2.43. The molecule has 7 nitrogen and oxygen atoms in total. The number of methoxy groups -OCH3 is 1. The molecule has 0 aliphatic carbocycles. The first-order valence-corrected chi connectivity index (χ1v) is 8.55. The molecule has 26 heavy (non-hydrogen) atoms. The zero-order valence-electron chi connectivity index (χ0n) is 14.2. The van der Waals surface area contributed by atoms with E-state index in [1.54, 1.807) is 26.2 Å². The van der Waals surface area contributed by atoms with Crippen LogP contribution >= 0.6 is 15.9 Å². The van der Waals surface area contributed by atoms with Crippen molar-refractivity contribution in [2.75, 3.05) is 7.11 Å². The van der Waals surface area contributed by atoms with Crippen molar-refractivity contribution in [3.63, 3.8) is 0 Å². The van der Waals surface area contributed by atoms with E-state index in [0.717, 1.165) is 15.2 Å². The van der Waals surface area contributed by atoms with Crippen molar-refractivity contribution in [3.05, 3.63) is 40.4 Å². The van der Waals surface area contributed by atoms with Crippen molar-refractivity contribution < 1.29 is 29.3 Å². The summed E-state index contributed by atoms with van der Waals surface area (Å²) in [5.74, 6) is -3.19. The van der Waals surface area contributed by atoms with Gasteiger partial charge in [-0.25, -0.2) is 4.79 Å². The Hall–Kier alpha value is -2.61. The number of benzene rings is 2. The van der Waals surface area contributed by atoms with E-state index in [9.17, 15) is 14.4 Å². The highest BCUT2D eigenvalue weighted by atomic mass is 79.9. The number of carbonyl (C=O) groups excluding carboxylic acids is 1. The van der Waals surface area contributed by atoms with E-state index in [1.165, 1.54) is 0 Å². The fraction of sp³-hybridized carbons (Fsp3) is 0.278. The van der Waals surface area contributed by atoms with Crippen LogP contribution in [-0.2, 0) is 14.4 Å². The van der Waals surface area contributed by atoms with Gasteiger partial charge in [0.15, 0.2) is 0 Å². The van der Waals surface area contributed by atoms with Gasteiger partial charge in [0.1, 0.15) is 11.8 Å². The summed E-state index contributed by atoms with van der Waals surface area (Å²) in [5.41, 5.74) is 0.687. The zero-order valence-corrected chi connectivity index (χ0v) is 15.7. The van der Waals surface area contributed by atoms with Crippen LogP contribution in [0.1, 0.15) is 24.8 Å². The first-order chi connectivity index (χ1) is 12.2. The first kappa shape index (κ1) is 19.7. The lowest BCUT2D eigenvalue weighted by atomic mass is 9.96. The van der Waals surface area contributed by atoms with Crippen LogP contribution in [0, 0.1) is 0 Å². The third-order valence-electron chi connectivity index (χ3n) is 4.05. The van der Waals surface area contributed by atoms with Gasteiger partial charge in [-0.2, -0.15) is 0 Å². The van der Waals surface area contributed by atoms with Crippen molar-refractivity contribution in [1.82, 2.24) is 5.32 Å². The predicted octanol–water partition coefficient (Wildman–Crippen LogP) is 2.76. The van der Waals surface area contributed by atoms with Crippen LogP contribution in [0.2, 0.25) is 0 Å². The number of ether oxygens (including phenoxy) is 1. The number of carboxylic acids is 2. The highest BCUT2D eigenvalue weighted by Gasteiger charge is 2.26. The number of nitrogens with one attached hydrogen (secondary N) is 1. The Morgan fingerprint density at radius 3 is 2.46 bits per heavy atom. The molecule has 0 bridgehead atoms. The second-order valence-electron chi connectivity index (χ2n) is 5.78. The van der Waals surface area contributed by atoms with Gasteiger partial charge in [-0.3, -0.25) is 9.59 Å². The van der Waals surface area contributed by atoms with Gasteiger partial charge in [0.25, 0.3) is 0 Å². The minimum Gasteiger partial charge on any atom is -0.496 e. The molecule has 0 aliphatic rings. The lowest BCUT2D eigenvalue weighted by molar-refractivity contribution is -0.147. The summed E-state index contributed by atoms with van der Waals surface area (Å²) < 4.78 is 6.05. The summed E-state index contributed by atoms with van der Waals surface area (Å²) in [6.45, 7) is 1.63. The summed E-state index contributed by atoms with van der Waals surface area (Å²) in [5, 5.41) is 21.9. The van der Waals surface area contributed by atoms with Gasteiger partial charge in [-0.1, -0.05) is 24.3 Å². The van der Waals surface area contributed by atoms with Crippen LogP contribution in [0.25, 0.3) is 10.8 Å². The van der Waals surface area contributed by atoms with Crippen LogP contribution in [0.4, 0.5) is 0 Å². The van der Waals surface area contributed by atoms with Crippen molar-refractivity contribution >= 4 is 44.5 Å². The number of aliphatic carboxylic acids is 2. The summed E-state index contributed by atoms with van der Waals surface area (Å²) in [7, 11) is 1.57. The Kier molecular flexibility index (Phi) is 6.20. The van der Waals surface area contributed by atoms with Crippen molar-refractivity contribution in [2.45, 2.75) is 25.3 Å². The van der Waals surface area contributed by atoms with Crippen molar-refractivity contribution in [2.24, 2.45) is 0 Å². The smallest absolute Gasteiger partial charge is 0.326 e. The third kappa shape index (κ3) is 4.32. The molecule has 1 amide bonds. The van der Waals surface area contributed by atoms with Crippen LogP contribution in [0.15, 0.2) is 34.8 Å². The van der Waals surface area contributed by atoms with Gasteiger partial charge in [-0.15, -0.1) is 0 Å². The maximum Gasteiger partial charge on any atom is 0.326 e. The van der Waals surface area contributed by atoms with E-state index in [4.69, 9.17) is 14.9 Å². The molecule has 2 aromatic rings. The first-order valence-electron chi connectivity index (χ1n) is 7.75. The van der Waals surface area contributed by atoms with Crippen molar-refractivity contribution in [3.8, 4) is 5.75 Å². The molecule has 2 atom stereocenters. The molecule has 0 fully saturated rings. The number of carbonyl (C=O) groups is 3. The number of carboxylic acid groups (broad SMARTS) is 2. The Labute approximate surface area is 158 Å². The molecule has 138 valence electrons. The quantitative estimate of drug-likeness (QED) is 0.630. The molecule has 0 spiro atoms. The number of hydrogen-bond acceptors (Lipinski definition) is 4. The third-order valence-corrected chi connectivity index (χ3v) is 4.87. The lowest BCUT2D eigenvalue weighted by Gasteiger charge is -2.17. The van der Waals surface area contributed by atoms with E-state index in [2.05, 4.69) is 21.2 Å².